The van der Waals surface area contributed by atoms with Crippen molar-refractivity contribution in [3.8, 4) is 5.75 Å². The first kappa shape index (κ1) is 31.0. The van der Waals surface area contributed by atoms with E-state index in [4.69, 9.17) is 16.3 Å². The minimum absolute atomic E-state index is 0.0363. The molecule has 1 unspecified atom stereocenters. The van der Waals surface area contributed by atoms with Gasteiger partial charge >= 0.3 is 0 Å². The molecule has 0 radical (unpaired) electrons. The highest BCUT2D eigenvalue weighted by Gasteiger charge is 2.34. The fourth-order valence-electron chi connectivity index (χ4n) is 4.35. The molecule has 8 nitrogen and oxygen atoms in total. The Morgan fingerprint density at radius 2 is 1.70 bits per heavy atom. The van der Waals surface area contributed by atoms with Crippen LogP contribution in [0.2, 0.25) is 5.02 Å². The van der Waals surface area contributed by atoms with E-state index in [0.717, 1.165) is 16.3 Å². The van der Waals surface area contributed by atoms with Gasteiger partial charge in [-0.15, -0.1) is 0 Å². The highest BCUT2D eigenvalue weighted by Crippen LogP contribution is 2.31. The summed E-state index contributed by atoms with van der Waals surface area (Å²) in [5.74, 6) is -0.214. The number of nitrogens with zero attached hydrogens (tertiary/aromatic N) is 2. The van der Waals surface area contributed by atoms with E-state index in [-0.39, 0.29) is 23.0 Å². The van der Waals surface area contributed by atoms with Gasteiger partial charge in [0.05, 0.1) is 17.7 Å². The molecule has 1 N–H and O–H groups in total. The molecule has 0 aliphatic rings. The third kappa shape index (κ3) is 7.34. The molecule has 0 aromatic heterocycles. The lowest BCUT2D eigenvalue weighted by atomic mass is 10.1. The molecule has 0 aliphatic carbocycles. The summed E-state index contributed by atoms with van der Waals surface area (Å²) in [6, 6.07) is 19.2. The van der Waals surface area contributed by atoms with Crippen LogP contribution in [-0.2, 0) is 26.2 Å². The second kappa shape index (κ2) is 14.2. The lowest BCUT2D eigenvalue weighted by Crippen LogP contribution is -2.52. The van der Waals surface area contributed by atoms with Gasteiger partial charge in [-0.05, 0) is 67.3 Å². The first-order valence-corrected chi connectivity index (χ1v) is 15.0. The zero-order chi connectivity index (χ0) is 29.3. The molecule has 0 fully saturated rings. The van der Waals surface area contributed by atoms with Crippen molar-refractivity contribution in [1.29, 1.82) is 0 Å². The summed E-state index contributed by atoms with van der Waals surface area (Å²) in [5.41, 5.74) is 1.55. The number of anilines is 1. The number of benzene rings is 3. The SMILES string of the molecule is CCCNC(=O)C(CC)N(Cc1cccc(OC)c1)C(=O)CN(c1cccc(Cl)c1C)S(=O)(=O)c1ccccc1. The molecule has 0 heterocycles. The Balaban J connectivity index is 2.09. The maximum atomic E-state index is 14.1. The van der Waals surface area contributed by atoms with Crippen LogP contribution in [-0.4, -0.2) is 51.4 Å². The lowest BCUT2D eigenvalue weighted by molar-refractivity contribution is -0.140. The number of hydrogen-bond acceptors (Lipinski definition) is 5. The molecule has 0 aliphatic heterocycles. The number of carbonyl (C=O) groups excluding carboxylic acids is 2. The minimum atomic E-state index is -4.17. The van der Waals surface area contributed by atoms with Gasteiger partial charge in [0.2, 0.25) is 11.8 Å². The van der Waals surface area contributed by atoms with Gasteiger partial charge in [0.25, 0.3) is 10.0 Å². The fourth-order valence-corrected chi connectivity index (χ4v) is 6.01. The standard InChI is InChI=1S/C30H36ClN3O5S/c1-5-18-32-30(36)27(6-2)33(20-23-12-10-13-24(19-23)39-4)29(35)21-34(28-17-11-16-26(31)22(28)3)40(37,38)25-14-8-7-9-15-25/h7-17,19,27H,5-6,18,20-21H2,1-4H3,(H,32,36). The highest BCUT2D eigenvalue weighted by atomic mass is 35.5. The molecule has 40 heavy (non-hydrogen) atoms. The van der Waals surface area contributed by atoms with Gasteiger partial charge in [-0.25, -0.2) is 8.42 Å². The van der Waals surface area contributed by atoms with Gasteiger partial charge in [-0.3, -0.25) is 13.9 Å². The molecule has 0 saturated carbocycles. The van der Waals surface area contributed by atoms with E-state index in [9.17, 15) is 18.0 Å². The molecule has 0 bridgehead atoms. The predicted octanol–water partition coefficient (Wildman–Crippen LogP) is 5.19. The third-order valence-electron chi connectivity index (χ3n) is 6.54. The molecule has 2 amide bonds. The van der Waals surface area contributed by atoms with E-state index in [1.165, 1.54) is 17.0 Å². The largest absolute Gasteiger partial charge is 0.497 e. The summed E-state index contributed by atoms with van der Waals surface area (Å²) in [6.07, 6.45) is 1.08. The van der Waals surface area contributed by atoms with Crippen LogP contribution in [0.3, 0.4) is 0 Å². The topological polar surface area (TPSA) is 96.0 Å². The number of amides is 2. The molecule has 3 rings (SSSR count). The number of sulfonamides is 1. The number of halogens is 1. The van der Waals surface area contributed by atoms with Crippen LogP contribution in [0.15, 0.2) is 77.7 Å². The second-order valence-electron chi connectivity index (χ2n) is 9.30. The Labute approximate surface area is 241 Å². The van der Waals surface area contributed by atoms with E-state index in [1.807, 2.05) is 19.9 Å². The summed E-state index contributed by atoms with van der Waals surface area (Å²) in [5, 5.41) is 3.25. The van der Waals surface area contributed by atoms with Crippen LogP contribution in [0.1, 0.15) is 37.8 Å². The van der Waals surface area contributed by atoms with Crippen molar-refractivity contribution >= 4 is 39.1 Å². The Morgan fingerprint density at radius 1 is 1.00 bits per heavy atom. The Hall–Kier alpha value is -3.56. The van der Waals surface area contributed by atoms with Crippen molar-refractivity contribution in [1.82, 2.24) is 10.2 Å². The molecule has 1 atom stereocenters. The maximum Gasteiger partial charge on any atom is 0.264 e. The second-order valence-corrected chi connectivity index (χ2v) is 11.6. The van der Waals surface area contributed by atoms with E-state index in [0.29, 0.717) is 29.3 Å². The van der Waals surface area contributed by atoms with E-state index in [2.05, 4.69) is 5.32 Å². The number of methoxy groups -OCH3 is 1. The zero-order valence-corrected chi connectivity index (χ0v) is 24.8. The Morgan fingerprint density at radius 3 is 2.35 bits per heavy atom. The fraction of sp³-hybridized carbons (Fsp3) is 0.333. The van der Waals surface area contributed by atoms with Gasteiger partial charge in [-0.2, -0.15) is 0 Å². The van der Waals surface area contributed by atoms with E-state index in [1.54, 1.807) is 68.6 Å². The maximum absolute atomic E-state index is 14.1. The van der Waals surface area contributed by atoms with Gasteiger partial charge in [0, 0.05) is 18.1 Å². The molecule has 3 aromatic rings. The predicted molar refractivity (Wildman–Crippen MR) is 158 cm³/mol. The van der Waals surface area contributed by atoms with Crippen LogP contribution in [0.25, 0.3) is 0 Å². The van der Waals surface area contributed by atoms with Crippen molar-refractivity contribution in [2.75, 3.05) is 24.5 Å². The van der Waals surface area contributed by atoms with Crippen LogP contribution in [0.5, 0.6) is 5.75 Å². The van der Waals surface area contributed by atoms with E-state index >= 15 is 0 Å². The monoisotopic (exact) mass is 585 g/mol. The Bertz CT molecular complexity index is 1420. The van der Waals surface area contributed by atoms with Crippen molar-refractivity contribution in [3.63, 3.8) is 0 Å². The van der Waals surface area contributed by atoms with Gasteiger partial charge < -0.3 is 15.0 Å². The van der Waals surface area contributed by atoms with Crippen molar-refractivity contribution < 1.29 is 22.7 Å². The van der Waals surface area contributed by atoms with Gasteiger partial charge in [0.1, 0.15) is 18.3 Å². The van der Waals surface area contributed by atoms with Crippen LogP contribution in [0.4, 0.5) is 5.69 Å². The molecule has 10 heteroatoms. The summed E-state index contributed by atoms with van der Waals surface area (Å²) in [6.45, 7) is 5.49. The molecular weight excluding hydrogens is 550 g/mol. The summed E-state index contributed by atoms with van der Waals surface area (Å²) in [4.78, 5) is 28.8. The molecular formula is C30H36ClN3O5S. The number of nitrogens with one attached hydrogen (secondary N) is 1. The molecule has 3 aromatic carbocycles. The number of hydrogen-bond donors (Lipinski definition) is 1. The zero-order valence-electron chi connectivity index (χ0n) is 23.3. The average Bonchev–Trinajstić information content (AvgIpc) is 2.96. The minimum Gasteiger partial charge on any atom is -0.497 e. The third-order valence-corrected chi connectivity index (χ3v) is 8.72. The number of rotatable bonds is 13. The van der Waals surface area contributed by atoms with Crippen LogP contribution < -0.4 is 14.4 Å². The Kier molecular flexibility index (Phi) is 11.0. The molecule has 214 valence electrons. The first-order valence-electron chi connectivity index (χ1n) is 13.2. The molecule has 0 spiro atoms. The normalized spacial score (nSPS) is 11.9. The highest BCUT2D eigenvalue weighted by molar-refractivity contribution is 7.92. The molecule has 0 saturated heterocycles. The lowest BCUT2D eigenvalue weighted by Gasteiger charge is -2.33. The number of carbonyl (C=O) groups is 2. The first-order chi connectivity index (χ1) is 19.1. The summed E-state index contributed by atoms with van der Waals surface area (Å²) in [7, 11) is -2.62. The average molecular weight is 586 g/mol. The van der Waals surface area contributed by atoms with Crippen molar-refractivity contribution in [3.05, 3.63) is 88.9 Å². The summed E-state index contributed by atoms with van der Waals surface area (Å²) >= 11 is 6.37. The van der Waals surface area contributed by atoms with Crippen molar-refractivity contribution in [2.24, 2.45) is 0 Å². The number of ether oxygens (including phenoxy) is 1. The van der Waals surface area contributed by atoms with Gasteiger partial charge in [-0.1, -0.05) is 61.8 Å². The van der Waals surface area contributed by atoms with Crippen molar-refractivity contribution in [2.45, 2.75) is 51.1 Å². The van der Waals surface area contributed by atoms with Crippen LogP contribution >= 0.6 is 11.6 Å². The summed E-state index contributed by atoms with van der Waals surface area (Å²) < 4.78 is 34.3. The van der Waals surface area contributed by atoms with E-state index < -0.39 is 28.5 Å². The van der Waals surface area contributed by atoms with Gasteiger partial charge in [0.15, 0.2) is 0 Å². The quantitative estimate of drug-likeness (QED) is 0.298. The van der Waals surface area contributed by atoms with Crippen LogP contribution in [0, 0.1) is 6.92 Å². The smallest absolute Gasteiger partial charge is 0.264 e.